The summed E-state index contributed by atoms with van der Waals surface area (Å²) in [5, 5.41) is 2.72. The molecule has 2 aromatic carbocycles. The molecule has 2 aromatic rings. The van der Waals surface area contributed by atoms with Crippen molar-refractivity contribution in [1.82, 2.24) is 0 Å². The summed E-state index contributed by atoms with van der Waals surface area (Å²) in [7, 11) is 0. The van der Waals surface area contributed by atoms with Gasteiger partial charge < -0.3 is 15.0 Å². The highest BCUT2D eigenvalue weighted by Gasteiger charge is 2.23. The molecule has 140 valence electrons. The lowest BCUT2D eigenvalue weighted by molar-refractivity contribution is -0.123. The molecule has 6 heteroatoms. The van der Waals surface area contributed by atoms with E-state index in [2.05, 4.69) is 5.32 Å². The smallest absolute Gasteiger partial charge is 0.338 e. The number of hydrogen-bond donors (Lipinski definition) is 1. The summed E-state index contributed by atoms with van der Waals surface area (Å²) in [6.07, 6.45) is 0.465. The molecule has 0 aliphatic carbocycles. The average Bonchev–Trinajstić information content (AvgIpc) is 3.09. The molecule has 1 aliphatic heterocycles. The van der Waals surface area contributed by atoms with Crippen molar-refractivity contribution in [3.8, 4) is 0 Å². The molecule has 0 unspecified atom stereocenters. The van der Waals surface area contributed by atoms with Crippen LogP contribution in [0, 0.1) is 6.92 Å². The van der Waals surface area contributed by atoms with Crippen LogP contribution in [0.15, 0.2) is 48.5 Å². The fraction of sp³-hybridized carbons (Fsp3) is 0.286. The fourth-order valence-corrected chi connectivity index (χ4v) is 2.86. The summed E-state index contributed by atoms with van der Waals surface area (Å²) in [4.78, 5) is 37.9. The Morgan fingerprint density at radius 1 is 1.07 bits per heavy atom. The standard InChI is InChI=1S/C21H22N2O4/c1-14-5-9-17(10-6-14)22-20(25)15(2)27-21(26)16-7-11-18(12-8-16)23-13-3-4-19(23)24/h5-12,15H,3-4,13H2,1-2H3,(H,22,25)/t15-/m1/s1. The van der Waals surface area contributed by atoms with Gasteiger partial charge in [-0.15, -0.1) is 0 Å². The van der Waals surface area contributed by atoms with Crippen molar-refractivity contribution in [3.05, 3.63) is 59.7 Å². The predicted octanol–water partition coefficient (Wildman–Crippen LogP) is 3.31. The molecule has 0 aromatic heterocycles. The summed E-state index contributed by atoms with van der Waals surface area (Å²) in [5.41, 5.74) is 2.83. The third-order valence-electron chi connectivity index (χ3n) is 4.46. The van der Waals surface area contributed by atoms with Crippen molar-refractivity contribution < 1.29 is 19.1 Å². The first kappa shape index (κ1) is 18.6. The number of carbonyl (C=O) groups is 3. The number of benzene rings is 2. The van der Waals surface area contributed by atoms with Crippen LogP contribution in [0.2, 0.25) is 0 Å². The van der Waals surface area contributed by atoms with Crippen molar-refractivity contribution in [1.29, 1.82) is 0 Å². The second kappa shape index (κ2) is 8.03. The Morgan fingerprint density at radius 3 is 2.33 bits per heavy atom. The van der Waals surface area contributed by atoms with Gasteiger partial charge in [-0.25, -0.2) is 4.79 Å². The van der Waals surface area contributed by atoms with Crippen molar-refractivity contribution >= 4 is 29.2 Å². The van der Waals surface area contributed by atoms with Gasteiger partial charge in [-0.2, -0.15) is 0 Å². The second-order valence-corrected chi connectivity index (χ2v) is 6.60. The van der Waals surface area contributed by atoms with Gasteiger partial charge in [0.1, 0.15) is 0 Å². The van der Waals surface area contributed by atoms with Crippen LogP contribution in [-0.2, 0) is 14.3 Å². The lowest BCUT2D eigenvalue weighted by Crippen LogP contribution is -2.30. The van der Waals surface area contributed by atoms with E-state index in [0.29, 0.717) is 24.2 Å². The molecular formula is C21H22N2O4. The summed E-state index contributed by atoms with van der Waals surface area (Å²) in [5.74, 6) is -0.890. The third kappa shape index (κ3) is 4.53. The maximum absolute atomic E-state index is 12.3. The van der Waals surface area contributed by atoms with Gasteiger partial charge in [-0.1, -0.05) is 17.7 Å². The van der Waals surface area contributed by atoms with Gasteiger partial charge in [-0.3, -0.25) is 9.59 Å². The Bertz CT molecular complexity index is 843. The number of rotatable bonds is 5. The Hall–Kier alpha value is -3.15. The number of esters is 1. The lowest BCUT2D eigenvalue weighted by Gasteiger charge is -2.16. The molecule has 1 fully saturated rings. The van der Waals surface area contributed by atoms with E-state index in [0.717, 1.165) is 17.7 Å². The number of aryl methyl sites for hydroxylation is 1. The van der Waals surface area contributed by atoms with Gasteiger partial charge >= 0.3 is 5.97 Å². The number of nitrogens with one attached hydrogen (secondary N) is 1. The number of nitrogens with zero attached hydrogens (tertiary/aromatic N) is 1. The molecule has 2 amide bonds. The van der Waals surface area contributed by atoms with Crippen LogP contribution >= 0.6 is 0 Å². The van der Waals surface area contributed by atoms with Gasteiger partial charge in [-0.05, 0) is 56.7 Å². The van der Waals surface area contributed by atoms with E-state index < -0.39 is 18.0 Å². The summed E-state index contributed by atoms with van der Waals surface area (Å²) < 4.78 is 5.25. The molecular weight excluding hydrogens is 344 g/mol. The molecule has 0 radical (unpaired) electrons. The molecule has 27 heavy (non-hydrogen) atoms. The molecule has 1 saturated heterocycles. The lowest BCUT2D eigenvalue weighted by atomic mass is 10.2. The zero-order valence-corrected chi connectivity index (χ0v) is 15.4. The van der Waals surface area contributed by atoms with Crippen molar-refractivity contribution in [2.45, 2.75) is 32.8 Å². The Morgan fingerprint density at radius 2 is 1.74 bits per heavy atom. The molecule has 0 bridgehead atoms. The molecule has 1 N–H and O–H groups in total. The monoisotopic (exact) mass is 366 g/mol. The van der Waals surface area contributed by atoms with E-state index in [1.807, 2.05) is 19.1 Å². The molecule has 3 rings (SSSR count). The van der Waals surface area contributed by atoms with Crippen molar-refractivity contribution in [3.63, 3.8) is 0 Å². The van der Waals surface area contributed by atoms with Gasteiger partial charge in [0.05, 0.1) is 5.56 Å². The van der Waals surface area contributed by atoms with Gasteiger partial charge in [0, 0.05) is 24.3 Å². The zero-order chi connectivity index (χ0) is 19.4. The normalized spacial score (nSPS) is 14.7. The second-order valence-electron chi connectivity index (χ2n) is 6.60. The minimum absolute atomic E-state index is 0.0896. The molecule has 1 heterocycles. The van der Waals surface area contributed by atoms with Crippen LogP contribution in [0.1, 0.15) is 35.7 Å². The maximum Gasteiger partial charge on any atom is 0.338 e. The summed E-state index contributed by atoms with van der Waals surface area (Å²) in [6, 6.07) is 14.0. The van der Waals surface area contributed by atoms with Crippen LogP contribution in [0.3, 0.4) is 0 Å². The van der Waals surface area contributed by atoms with Gasteiger partial charge in [0.2, 0.25) is 5.91 Å². The first-order chi connectivity index (χ1) is 12.9. The Kier molecular flexibility index (Phi) is 5.54. The maximum atomic E-state index is 12.3. The van der Waals surface area contributed by atoms with E-state index in [9.17, 15) is 14.4 Å². The topological polar surface area (TPSA) is 75.7 Å². The van der Waals surface area contributed by atoms with Crippen molar-refractivity contribution in [2.24, 2.45) is 0 Å². The van der Waals surface area contributed by atoms with Crippen LogP contribution in [-0.4, -0.2) is 30.4 Å². The molecule has 1 aliphatic rings. The van der Waals surface area contributed by atoms with Gasteiger partial charge in [0.25, 0.3) is 5.91 Å². The molecule has 0 saturated carbocycles. The van der Waals surface area contributed by atoms with Crippen molar-refractivity contribution in [2.75, 3.05) is 16.8 Å². The van der Waals surface area contributed by atoms with E-state index in [1.165, 1.54) is 6.92 Å². The fourth-order valence-electron chi connectivity index (χ4n) is 2.86. The number of anilines is 2. The Balaban J connectivity index is 1.58. The van der Waals surface area contributed by atoms with E-state index >= 15 is 0 Å². The highest BCUT2D eigenvalue weighted by molar-refractivity contribution is 5.98. The van der Waals surface area contributed by atoms with E-state index in [4.69, 9.17) is 4.74 Å². The van der Waals surface area contributed by atoms with E-state index in [-0.39, 0.29) is 5.91 Å². The van der Waals surface area contributed by atoms with Crippen LogP contribution in [0.4, 0.5) is 11.4 Å². The number of amides is 2. The number of carbonyl (C=O) groups excluding carboxylic acids is 3. The minimum Gasteiger partial charge on any atom is -0.449 e. The van der Waals surface area contributed by atoms with E-state index in [1.54, 1.807) is 41.3 Å². The summed E-state index contributed by atoms with van der Waals surface area (Å²) in [6.45, 7) is 4.18. The number of ether oxygens (including phenoxy) is 1. The quantitative estimate of drug-likeness (QED) is 0.824. The highest BCUT2D eigenvalue weighted by Crippen LogP contribution is 2.22. The highest BCUT2D eigenvalue weighted by atomic mass is 16.5. The summed E-state index contributed by atoms with van der Waals surface area (Å²) >= 11 is 0. The van der Waals surface area contributed by atoms with Crippen LogP contribution < -0.4 is 10.2 Å². The third-order valence-corrected chi connectivity index (χ3v) is 4.46. The number of hydrogen-bond acceptors (Lipinski definition) is 4. The molecule has 1 atom stereocenters. The zero-order valence-electron chi connectivity index (χ0n) is 15.4. The first-order valence-electron chi connectivity index (χ1n) is 8.93. The molecule has 6 nitrogen and oxygen atoms in total. The van der Waals surface area contributed by atoms with Crippen LogP contribution in [0.25, 0.3) is 0 Å². The Labute approximate surface area is 158 Å². The van der Waals surface area contributed by atoms with Gasteiger partial charge in [0.15, 0.2) is 6.10 Å². The largest absolute Gasteiger partial charge is 0.449 e. The first-order valence-corrected chi connectivity index (χ1v) is 8.93. The predicted molar refractivity (Wildman–Crippen MR) is 103 cm³/mol. The molecule has 0 spiro atoms. The van der Waals surface area contributed by atoms with Crippen LogP contribution in [0.5, 0.6) is 0 Å². The minimum atomic E-state index is -0.932. The SMILES string of the molecule is Cc1ccc(NC(=O)[C@@H](C)OC(=O)c2ccc(N3CCCC3=O)cc2)cc1. The average molecular weight is 366 g/mol.